The Morgan fingerprint density at radius 1 is 1.29 bits per heavy atom. The van der Waals surface area contributed by atoms with E-state index < -0.39 is 5.97 Å². The minimum atomic E-state index is -0.427. The smallest absolute Gasteiger partial charge is 0.341 e. The van der Waals surface area contributed by atoms with E-state index in [0.717, 1.165) is 17.7 Å². The normalized spacial score (nSPS) is 20.2. The van der Waals surface area contributed by atoms with Crippen molar-refractivity contribution < 1.29 is 23.9 Å². The number of anilines is 1. The first-order valence-corrected chi connectivity index (χ1v) is 10.5. The minimum Gasteiger partial charge on any atom is -0.462 e. The first-order valence-electron chi connectivity index (χ1n) is 9.68. The Labute approximate surface area is 168 Å². The zero-order valence-electron chi connectivity index (χ0n) is 16.4. The van der Waals surface area contributed by atoms with Crippen molar-refractivity contribution in [3.8, 4) is 0 Å². The van der Waals surface area contributed by atoms with Crippen LogP contribution in [0, 0.1) is 6.92 Å². The number of piperazine rings is 1. The molecule has 8 nitrogen and oxygen atoms in total. The highest BCUT2D eigenvalue weighted by atomic mass is 32.1. The number of amides is 2. The van der Waals surface area contributed by atoms with Crippen molar-refractivity contribution in [1.82, 2.24) is 9.80 Å². The number of hydrogen-bond donors (Lipinski definition) is 1. The van der Waals surface area contributed by atoms with Gasteiger partial charge in [0.05, 0.1) is 18.7 Å². The molecule has 2 saturated heterocycles. The number of nitrogens with one attached hydrogen (secondary N) is 1. The van der Waals surface area contributed by atoms with E-state index in [2.05, 4.69) is 5.32 Å². The van der Waals surface area contributed by atoms with Crippen LogP contribution in [0.15, 0.2) is 6.07 Å². The van der Waals surface area contributed by atoms with Gasteiger partial charge in [-0.15, -0.1) is 11.3 Å². The summed E-state index contributed by atoms with van der Waals surface area (Å²) in [5.74, 6) is -0.538. The second-order valence-corrected chi connectivity index (χ2v) is 8.23. The van der Waals surface area contributed by atoms with E-state index >= 15 is 0 Å². The maximum atomic E-state index is 12.4. The van der Waals surface area contributed by atoms with Gasteiger partial charge in [-0.3, -0.25) is 14.5 Å². The summed E-state index contributed by atoms with van der Waals surface area (Å²) in [5.41, 5.74) is 0.393. The van der Waals surface area contributed by atoms with E-state index in [0.29, 0.717) is 43.4 Å². The Kier molecular flexibility index (Phi) is 7.03. The van der Waals surface area contributed by atoms with Crippen LogP contribution in [0.4, 0.5) is 5.00 Å². The molecule has 0 aromatic carbocycles. The predicted molar refractivity (Wildman–Crippen MR) is 106 cm³/mol. The highest BCUT2D eigenvalue weighted by Crippen LogP contribution is 2.28. The van der Waals surface area contributed by atoms with Crippen LogP contribution >= 0.6 is 11.3 Å². The Morgan fingerprint density at radius 3 is 2.68 bits per heavy atom. The van der Waals surface area contributed by atoms with Crippen molar-refractivity contribution >= 4 is 34.1 Å². The highest BCUT2D eigenvalue weighted by Gasteiger charge is 2.30. The number of ether oxygens (including phenoxy) is 2. The van der Waals surface area contributed by atoms with Gasteiger partial charge in [0, 0.05) is 37.7 Å². The number of carbonyl (C=O) groups is 3. The lowest BCUT2D eigenvalue weighted by atomic mass is 10.2. The highest BCUT2D eigenvalue weighted by molar-refractivity contribution is 7.16. The molecule has 28 heavy (non-hydrogen) atoms. The minimum absolute atomic E-state index is 0.0646. The van der Waals surface area contributed by atoms with Crippen molar-refractivity contribution in [3.05, 3.63) is 16.5 Å². The lowest BCUT2D eigenvalue weighted by Gasteiger charge is -2.35. The zero-order valence-corrected chi connectivity index (χ0v) is 17.2. The largest absolute Gasteiger partial charge is 0.462 e. The van der Waals surface area contributed by atoms with Crippen LogP contribution in [-0.2, 0) is 19.1 Å². The van der Waals surface area contributed by atoms with Gasteiger partial charge in [-0.05, 0) is 32.8 Å². The van der Waals surface area contributed by atoms with Crippen molar-refractivity contribution in [2.45, 2.75) is 32.8 Å². The van der Waals surface area contributed by atoms with Gasteiger partial charge in [0.25, 0.3) is 5.91 Å². The number of thiophene rings is 1. The molecule has 2 fully saturated rings. The SMILES string of the molecule is CCOC(=O)c1cc(C)sc1NC(=O)CN1CCN(C(=O)[C@H]2CCCO2)CC1. The Morgan fingerprint density at radius 2 is 2.04 bits per heavy atom. The van der Waals surface area contributed by atoms with E-state index in [1.807, 2.05) is 16.7 Å². The molecule has 0 unspecified atom stereocenters. The Balaban J connectivity index is 1.49. The summed E-state index contributed by atoms with van der Waals surface area (Å²) in [6.07, 6.45) is 1.44. The fraction of sp³-hybridized carbons (Fsp3) is 0.632. The van der Waals surface area contributed by atoms with E-state index in [9.17, 15) is 14.4 Å². The van der Waals surface area contributed by atoms with Gasteiger partial charge in [0.1, 0.15) is 11.1 Å². The summed E-state index contributed by atoms with van der Waals surface area (Å²) in [4.78, 5) is 41.6. The third kappa shape index (κ3) is 5.09. The molecule has 1 aromatic rings. The molecule has 154 valence electrons. The van der Waals surface area contributed by atoms with Crippen molar-refractivity contribution in [2.75, 3.05) is 51.3 Å². The second-order valence-electron chi connectivity index (χ2n) is 6.97. The molecule has 0 radical (unpaired) electrons. The molecule has 3 heterocycles. The van der Waals surface area contributed by atoms with Crippen molar-refractivity contribution in [2.24, 2.45) is 0 Å². The third-order valence-electron chi connectivity index (χ3n) is 4.86. The second kappa shape index (κ2) is 9.49. The summed E-state index contributed by atoms with van der Waals surface area (Å²) in [5, 5.41) is 3.35. The Hall–Kier alpha value is -1.97. The monoisotopic (exact) mass is 409 g/mol. The first-order chi connectivity index (χ1) is 13.5. The number of rotatable bonds is 6. The van der Waals surface area contributed by atoms with Crippen molar-refractivity contribution in [1.29, 1.82) is 0 Å². The van der Waals surface area contributed by atoms with Gasteiger partial charge < -0.3 is 19.7 Å². The first kappa shape index (κ1) is 20.8. The summed E-state index contributed by atoms with van der Waals surface area (Å²) < 4.78 is 10.5. The quantitative estimate of drug-likeness (QED) is 0.717. The molecule has 0 saturated carbocycles. The van der Waals surface area contributed by atoms with Crippen LogP contribution in [0.25, 0.3) is 0 Å². The van der Waals surface area contributed by atoms with Crippen LogP contribution in [0.1, 0.15) is 35.0 Å². The molecule has 0 bridgehead atoms. The third-order valence-corrected chi connectivity index (χ3v) is 5.83. The average Bonchev–Trinajstić information content (AvgIpc) is 3.32. The number of aryl methyl sites for hydroxylation is 1. The summed E-state index contributed by atoms with van der Waals surface area (Å²) in [7, 11) is 0. The van der Waals surface area contributed by atoms with E-state index in [4.69, 9.17) is 9.47 Å². The van der Waals surface area contributed by atoms with Crippen LogP contribution in [-0.4, -0.2) is 79.6 Å². The maximum Gasteiger partial charge on any atom is 0.341 e. The standard InChI is InChI=1S/C19H27N3O5S/c1-3-26-19(25)14-11-13(2)28-17(14)20-16(23)12-21-6-8-22(9-7-21)18(24)15-5-4-10-27-15/h11,15H,3-10,12H2,1-2H3,(H,20,23)/t15-/m1/s1. The van der Waals surface area contributed by atoms with E-state index in [1.165, 1.54) is 11.3 Å². The lowest BCUT2D eigenvalue weighted by molar-refractivity contribution is -0.142. The van der Waals surface area contributed by atoms with E-state index in [1.54, 1.807) is 13.0 Å². The van der Waals surface area contributed by atoms with Crippen LogP contribution in [0.5, 0.6) is 0 Å². The van der Waals surface area contributed by atoms with Crippen molar-refractivity contribution in [3.63, 3.8) is 0 Å². The Bertz CT molecular complexity index is 721. The van der Waals surface area contributed by atoms with Gasteiger partial charge in [0.2, 0.25) is 5.91 Å². The fourth-order valence-corrected chi connectivity index (χ4v) is 4.36. The number of carbonyl (C=O) groups excluding carboxylic acids is 3. The molecule has 2 amide bonds. The van der Waals surface area contributed by atoms with Crippen LogP contribution in [0.2, 0.25) is 0 Å². The van der Waals surface area contributed by atoms with Gasteiger partial charge in [-0.2, -0.15) is 0 Å². The summed E-state index contributed by atoms with van der Waals surface area (Å²) in [6, 6.07) is 1.73. The molecular formula is C19H27N3O5S. The molecule has 2 aliphatic heterocycles. The molecule has 0 aliphatic carbocycles. The molecular weight excluding hydrogens is 382 g/mol. The number of esters is 1. The molecule has 9 heteroatoms. The van der Waals surface area contributed by atoms with Gasteiger partial charge in [-0.25, -0.2) is 4.79 Å². The molecule has 0 spiro atoms. The predicted octanol–water partition coefficient (Wildman–Crippen LogP) is 1.49. The molecule has 1 atom stereocenters. The molecule has 3 rings (SSSR count). The van der Waals surface area contributed by atoms with Crippen LogP contribution < -0.4 is 5.32 Å². The van der Waals surface area contributed by atoms with E-state index in [-0.39, 0.29) is 31.1 Å². The summed E-state index contributed by atoms with van der Waals surface area (Å²) >= 11 is 1.36. The fourth-order valence-electron chi connectivity index (χ4n) is 3.44. The summed E-state index contributed by atoms with van der Waals surface area (Å²) in [6.45, 7) is 7.27. The number of hydrogen-bond acceptors (Lipinski definition) is 7. The zero-order chi connectivity index (χ0) is 20.1. The lowest BCUT2D eigenvalue weighted by Crippen LogP contribution is -2.52. The van der Waals surface area contributed by atoms with Gasteiger partial charge >= 0.3 is 5.97 Å². The average molecular weight is 410 g/mol. The van der Waals surface area contributed by atoms with Gasteiger partial charge in [0.15, 0.2) is 0 Å². The van der Waals surface area contributed by atoms with Gasteiger partial charge in [-0.1, -0.05) is 0 Å². The molecule has 2 aliphatic rings. The topological polar surface area (TPSA) is 88.2 Å². The number of nitrogens with zero attached hydrogens (tertiary/aromatic N) is 2. The maximum absolute atomic E-state index is 12.4. The molecule has 1 N–H and O–H groups in total. The molecule has 1 aromatic heterocycles. The van der Waals surface area contributed by atoms with Crippen LogP contribution in [0.3, 0.4) is 0 Å².